The van der Waals surface area contributed by atoms with Crippen LogP contribution in [0.1, 0.15) is 19.4 Å². The molecule has 1 aromatic heterocycles. The average Bonchev–Trinajstić information content (AvgIpc) is 2.96. The second-order valence-electron chi connectivity index (χ2n) is 5.84. The number of likely N-dealkylation sites (N-methyl/N-ethyl adjacent to an activating group) is 1. The lowest BCUT2D eigenvalue weighted by Gasteiger charge is -2.16. The first kappa shape index (κ1) is 18.2. The molecule has 1 N–H and O–H groups in total. The lowest BCUT2D eigenvalue weighted by atomic mass is 10.2. The molecule has 0 spiro atoms. The predicted molar refractivity (Wildman–Crippen MR) is 90.9 cm³/mol. The molecule has 0 fully saturated rings. The van der Waals surface area contributed by atoms with Gasteiger partial charge in [0.1, 0.15) is 4.90 Å². The highest BCUT2D eigenvalue weighted by molar-refractivity contribution is 7.89. The molecule has 8 heteroatoms. The SMILES string of the molecule is CC(C)NC(=O)CN(C)S(=O)(=O)c1cnn(Cc2ccccc2)c1. The summed E-state index contributed by atoms with van der Waals surface area (Å²) in [5.41, 5.74) is 1.02. The van der Waals surface area contributed by atoms with E-state index < -0.39 is 10.0 Å². The molecule has 130 valence electrons. The van der Waals surface area contributed by atoms with Crippen molar-refractivity contribution in [3.05, 3.63) is 48.3 Å². The number of carbonyl (C=O) groups excluding carboxylic acids is 1. The third kappa shape index (κ3) is 4.65. The molecule has 24 heavy (non-hydrogen) atoms. The summed E-state index contributed by atoms with van der Waals surface area (Å²) in [6.45, 7) is 3.89. The maximum Gasteiger partial charge on any atom is 0.246 e. The summed E-state index contributed by atoms with van der Waals surface area (Å²) >= 11 is 0. The van der Waals surface area contributed by atoms with E-state index in [9.17, 15) is 13.2 Å². The summed E-state index contributed by atoms with van der Waals surface area (Å²) in [6.07, 6.45) is 2.77. The second-order valence-corrected chi connectivity index (χ2v) is 7.89. The van der Waals surface area contributed by atoms with E-state index in [-0.39, 0.29) is 23.4 Å². The molecule has 1 amide bonds. The van der Waals surface area contributed by atoms with Gasteiger partial charge in [-0.1, -0.05) is 30.3 Å². The molecule has 0 aliphatic heterocycles. The van der Waals surface area contributed by atoms with E-state index in [2.05, 4.69) is 10.4 Å². The van der Waals surface area contributed by atoms with Gasteiger partial charge in [0.15, 0.2) is 0 Å². The number of sulfonamides is 1. The van der Waals surface area contributed by atoms with Gasteiger partial charge in [-0.15, -0.1) is 0 Å². The van der Waals surface area contributed by atoms with Crippen molar-refractivity contribution in [3.8, 4) is 0 Å². The summed E-state index contributed by atoms with van der Waals surface area (Å²) in [7, 11) is -2.37. The summed E-state index contributed by atoms with van der Waals surface area (Å²) in [6, 6.07) is 9.59. The highest BCUT2D eigenvalue weighted by Crippen LogP contribution is 2.14. The predicted octanol–water partition coefficient (Wildman–Crippen LogP) is 1.08. The molecule has 7 nitrogen and oxygen atoms in total. The van der Waals surface area contributed by atoms with Crippen molar-refractivity contribution in [2.45, 2.75) is 31.3 Å². The van der Waals surface area contributed by atoms with Crippen molar-refractivity contribution in [2.75, 3.05) is 13.6 Å². The zero-order valence-corrected chi connectivity index (χ0v) is 14.8. The van der Waals surface area contributed by atoms with Crippen molar-refractivity contribution in [2.24, 2.45) is 0 Å². The van der Waals surface area contributed by atoms with Crippen LogP contribution in [0.3, 0.4) is 0 Å². The van der Waals surface area contributed by atoms with Gasteiger partial charge < -0.3 is 5.32 Å². The molecule has 0 aliphatic carbocycles. The lowest BCUT2D eigenvalue weighted by Crippen LogP contribution is -2.40. The molecule has 0 unspecified atom stereocenters. The van der Waals surface area contributed by atoms with Crippen LogP contribution in [0, 0.1) is 0 Å². The van der Waals surface area contributed by atoms with Gasteiger partial charge in [-0.2, -0.15) is 9.40 Å². The molecule has 0 saturated heterocycles. The molecule has 0 aliphatic rings. The van der Waals surface area contributed by atoms with E-state index >= 15 is 0 Å². The molecular formula is C16H22N4O3S. The number of nitrogens with one attached hydrogen (secondary N) is 1. The Hall–Kier alpha value is -2.19. The number of hydrogen-bond acceptors (Lipinski definition) is 4. The minimum Gasteiger partial charge on any atom is -0.353 e. The van der Waals surface area contributed by atoms with Gasteiger partial charge in [0.05, 0.1) is 19.3 Å². The van der Waals surface area contributed by atoms with Crippen LogP contribution in [0.2, 0.25) is 0 Å². The first-order valence-corrected chi connectivity index (χ1v) is 9.05. The number of hydrogen-bond donors (Lipinski definition) is 1. The molecule has 0 saturated carbocycles. The van der Waals surface area contributed by atoms with E-state index in [1.807, 2.05) is 44.2 Å². The number of carbonyl (C=O) groups is 1. The summed E-state index contributed by atoms with van der Waals surface area (Å²) in [4.78, 5) is 11.8. The maximum atomic E-state index is 12.5. The topological polar surface area (TPSA) is 84.3 Å². The van der Waals surface area contributed by atoms with Gasteiger partial charge in [0.25, 0.3) is 0 Å². The Morgan fingerprint density at radius 3 is 2.58 bits per heavy atom. The van der Waals surface area contributed by atoms with Crippen molar-refractivity contribution < 1.29 is 13.2 Å². The quantitative estimate of drug-likeness (QED) is 0.810. The summed E-state index contributed by atoms with van der Waals surface area (Å²) < 4.78 is 27.6. The van der Waals surface area contributed by atoms with Gasteiger partial charge in [0, 0.05) is 19.3 Å². The summed E-state index contributed by atoms with van der Waals surface area (Å²) in [5, 5.41) is 6.77. The minimum absolute atomic E-state index is 0.0396. The fraction of sp³-hybridized carbons (Fsp3) is 0.375. The molecule has 2 aromatic rings. The van der Waals surface area contributed by atoms with Crippen molar-refractivity contribution in [1.82, 2.24) is 19.4 Å². The maximum absolute atomic E-state index is 12.5. The van der Waals surface area contributed by atoms with Crippen LogP contribution in [-0.4, -0.2) is 48.0 Å². The number of rotatable bonds is 7. The van der Waals surface area contributed by atoms with E-state index in [1.165, 1.54) is 19.4 Å². The highest BCUT2D eigenvalue weighted by Gasteiger charge is 2.24. The van der Waals surface area contributed by atoms with Crippen LogP contribution in [0.25, 0.3) is 0 Å². The lowest BCUT2D eigenvalue weighted by molar-refractivity contribution is -0.121. The largest absolute Gasteiger partial charge is 0.353 e. The third-order valence-corrected chi connectivity index (χ3v) is 5.08. The summed E-state index contributed by atoms with van der Waals surface area (Å²) in [5.74, 6) is -0.340. The van der Waals surface area contributed by atoms with Crippen LogP contribution in [0.4, 0.5) is 0 Å². The molecule has 1 heterocycles. The van der Waals surface area contributed by atoms with Gasteiger partial charge in [-0.3, -0.25) is 9.48 Å². The monoisotopic (exact) mass is 350 g/mol. The molecule has 0 bridgehead atoms. The van der Waals surface area contributed by atoms with E-state index in [4.69, 9.17) is 0 Å². The van der Waals surface area contributed by atoms with Gasteiger partial charge >= 0.3 is 0 Å². The fourth-order valence-electron chi connectivity index (χ4n) is 2.17. The van der Waals surface area contributed by atoms with Crippen LogP contribution in [0.15, 0.2) is 47.6 Å². The van der Waals surface area contributed by atoms with Gasteiger partial charge in [-0.05, 0) is 19.4 Å². The van der Waals surface area contributed by atoms with Crippen LogP contribution >= 0.6 is 0 Å². The van der Waals surface area contributed by atoms with Crippen molar-refractivity contribution >= 4 is 15.9 Å². The zero-order valence-electron chi connectivity index (χ0n) is 14.0. The molecule has 2 rings (SSSR count). The minimum atomic E-state index is -3.75. The smallest absolute Gasteiger partial charge is 0.246 e. The Morgan fingerprint density at radius 2 is 1.96 bits per heavy atom. The first-order chi connectivity index (χ1) is 11.3. The van der Waals surface area contributed by atoms with E-state index in [1.54, 1.807) is 4.68 Å². The van der Waals surface area contributed by atoms with Crippen molar-refractivity contribution in [1.29, 1.82) is 0 Å². The number of nitrogens with zero attached hydrogens (tertiary/aromatic N) is 3. The van der Waals surface area contributed by atoms with E-state index in [0.717, 1.165) is 9.87 Å². The van der Waals surface area contributed by atoms with Gasteiger partial charge in [-0.25, -0.2) is 8.42 Å². The van der Waals surface area contributed by atoms with Crippen LogP contribution in [0.5, 0.6) is 0 Å². The Kier molecular flexibility index (Phi) is 5.74. The normalized spacial score (nSPS) is 11.9. The number of aromatic nitrogens is 2. The standard InChI is InChI=1S/C16H22N4O3S/c1-13(2)18-16(21)12-19(3)24(22,23)15-9-17-20(11-15)10-14-7-5-4-6-8-14/h4-9,11,13H,10,12H2,1-3H3,(H,18,21). The Bertz CT molecular complexity index is 785. The van der Waals surface area contributed by atoms with Crippen LogP contribution in [-0.2, 0) is 21.4 Å². The van der Waals surface area contributed by atoms with Gasteiger partial charge in [0.2, 0.25) is 15.9 Å². The number of amides is 1. The Labute approximate surface area is 142 Å². The first-order valence-electron chi connectivity index (χ1n) is 7.61. The molecule has 0 radical (unpaired) electrons. The van der Waals surface area contributed by atoms with E-state index in [0.29, 0.717) is 6.54 Å². The highest BCUT2D eigenvalue weighted by atomic mass is 32.2. The average molecular weight is 350 g/mol. The van der Waals surface area contributed by atoms with Crippen molar-refractivity contribution in [3.63, 3.8) is 0 Å². The molecule has 1 aromatic carbocycles. The Balaban J connectivity index is 2.08. The zero-order chi connectivity index (χ0) is 17.7. The third-order valence-electron chi connectivity index (χ3n) is 3.32. The molecular weight excluding hydrogens is 328 g/mol. The van der Waals surface area contributed by atoms with Crippen LogP contribution < -0.4 is 5.32 Å². The Morgan fingerprint density at radius 1 is 1.29 bits per heavy atom. The number of benzene rings is 1. The molecule has 0 atom stereocenters. The second kappa shape index (κ2) is 7.59. The fourth-order valence-corrected chi connectivity index (χ4v) is 3.25.